The normalized spacial score (nSPS) is 44.5. The van der Waals surface area contributed by atoms with Crippen LogP contribution in [0.15, 0.2) is 12.2 Å². The van der Waals surface area contributed by atoms with Crippen molar-refractivity contribution in [2.75, 3.05) is 26.8 Å². The fraction of sp³-hybridized carbons (Fsp3) is 0.857. The Labute approximate surface area is 151 Å². The number of likely N-dealkylation sites (tertiary alicyclic amines) is 1. The Bertz CT molecular complexity index is 547. The van der Waals surface area contributed by atoms with Gasteiger partial charge in [0.1, 0.15) is 6.10 Å². The average molecular weight is 347 g/mol. The second-order valence-corrected chi connectivity index (χ2v) is 9.15. The Balaban J connectivity index is 1.49. The van der Waals surface area contributed by atoms with Gasteiger partial charge in [0, 0.05) is 25.6 Å². The SMILES string of the molecule is C=C1CCC[C@]2(C)C[C@H]3OC(=O)C(CN4CCCC4COC)[C@H]3CC12. The van der Waals surface area contributed by atoms with E-state index >= 15 is 0 Å². The Kier molecular flexibility index (Phi) is 4.70. The van der Waals surface area contributed by atoms with E-state index in [-0.39, 0.29) is 23.4 Å². The van der Waals surface area contributed by atoms with Crippen LogP contribution in [0.5, 0.6) is 0 Å². The standard InChI is InChI=1S/C21H33NO3/c1-14-6-4-8-21(2)11-19-16(10-18(14)21)17(20(23)25-19)12-22-9-5-7-15(22)13-24-3/h15-19H,1,4-13H2,2-3H3/t15?,16-,17?,18?,19-,21-/m1/s1. The monoisotopic (exact) mass is 347 g/mol. The molecule has 0 amide bonds. The van der Waals surface area contributed by atoms with Crippen molar-refractivity contribution in [2.45, 2.75) is 64.0 Å². The van der Waals surface area contributed by atoms with Crippen LogP contribution in [0.4, 0.5) is 0 Å². The quantitative estimate of drug-likeness (QED) is 0.577. The van der Waals surface area contributed by atoms with Crippen LogP contribution in [-0.2, 0) is 14.3 Å². The molecule has 4 heteroatoms. The Morgan fingerprint density at radius 2 is 2.24 bits per heavy atom. The summed E-state index contributed by atoms with van der Waals surface area (Å²) in [6, 6.07) is 0.468. The number of fused-ring (bicyclic) bond motifs is 2. The molecule has 2 heterocycles. The third kappa shape index (κ3) is 3.06. The summed E-state index contributed by atoms with van der Waals surface area (Å²) in [5, 5.41) is 0. The topological polar surface area (TPSA) is 38.8 Å². The second-order valence-electron chi connectivity index (χ2n) is 9.15. The van der Waals surface area contributed by atoms with Gasteiger partial charge >= 0.3 is 5.97 Å². The van der Waals surface area contributed by atoms with Gasteiger partial charge in [0.15, 0.2) is 0 Å². The zero-order chi connectivity index (χ0) is 17.6. The number of hydrogen-bond acceptors (Lipinski definition) is 4. The highest BCUT2D eigenvalue weighted by Crippen LogP contribution is 2.57. The third-order valence-electron chi connectivity index (χ3n) is 7.61. The molecule has 4 rings (SSSR count). The number of nitrogens with zero attached hydrogens (tertiary/aromatic N) is 1. The summed E-state index contributed by atoms with van der Waals surface area (Å²) in [4.78, 5) is 15.2. The molecule has 25 heavy (non-hydrogen) atoms. The Morgan fingerprint density at radius 1 is 1.40 bits per heavy atom. The minimum Gasteiger partial charge on any atom is -0.462 e. The Hall–Kier alpha value is -0.870. The van der Waals surface area contributed by atoms with E-state index in [4.69, 9.17) is 9.47 Å². The molecule has 0 aromatic rings. The lowest BCUT2D eigenvalue weighted by atomic mass is 9.55. The van der Waals surface area contributed by atoms with Gasteiger partial charge in [0.25, 0.3) is 0 Å². The van der Waals surface area contributed by atoms with E-state index in [2.05, 4.69) is 18.4 Å². The van der Waals surface area contributed by atoms with Crippen molar-refractivity contribution in [2.24, 2.45) is 23.2 Å². The molecule has 2 aliphatic heterocycles. The largest absolute Gasteiger partial charge is 0.462 e. The van der Waals surface area contributed by atoms with E-state index in [0.29, 0.717) is 17.9 Å². The van der Waals surface area contributed by atoms with Crippen molar-refractivity contribution < 1.29 is 14.3 Å². The first-order valence-electron chi connectivity index (χ1n) is 10.1. The highest BCUT2D eigenvalue weighted by atomic mass is 16.6. The summed E-state index contributed by atoms with van der Waals surface area (Å²) in [6.45, 7) is 9.49. The minimum atomic E-state index is 0.0433. The first-order valence-corrected chi connectivity index (χ1v) is 10.1. The van der Waals surface area contributed by atoms with Gasteiger partial charge < -0.3 is 9.47 Å². The molecule has 4 fully saturated rings. The van der Waals surface area contributed by atoms with Crippen molar-refractivity contribution in [3.05, 3.63) is 12.2 Å². The van der Waals surface area contributed by atoms with Crippen LogP contribution in [0.25, 0.3) is 0 Å². The summed E-state index contributed by atoms with van der Waals surface area (Å²) in [6.07, 6.45) is 8.32. The molecular formula is C21H33NO3. The molecule has 2 saturated heterocycles. The van der Waals surface area contributed by atoms with Crippen LogP contribution in [0, 0.1) is 23.2 Å². The number of esters is 1. The van der Waals surface area contributed by atoms with Crippen molar-refractivity contribution in [1.29, 1.82) is 0 Å². The highest BCUT2D eigenvalue weighted by molar-refractivity contribution is 5.75. The summed E-state index contributed by atoms with van der Waals surface area (Å²) in [5.41, 5.74) is 1.71. The van der Waals surface area contributed by atoms with E-state index < -0.39 is 0 Å². The molecule has 6 atom stereocenters. The fourth-order valence-electron chi connectivity index (χ4n) is 6.23. The van der Waals surface area contributed by atoms with Gasteiger partial charge in [-0.1, -0.05) is 19.1 Å². The molecule has 2 aliphatic carbocycles. The van der Waals surface area contributed by atoms with E-state index in [1.165, 1.54) is 37.7 Å². The van der Waals surface area contributed by atoms with Gasteiger partial charge in [-0.15, -0.1) is 0 Å². The first-order chi connectivity index (χ1) is 12.0. The molecule has 140 valence electrons. The number of methoxy groups -OCH3 is 1. The molecule has 0 bridgehead atoms. The number of ether oxygens (including phenoxy) is 2. The number of rotatable bonds is 4. The van der Waals surface area contributed by atoms with Crippen LogP contribution in [0.3, 0.4) is 0 Å². The first kappa shape index (κ1) is 17.5. The predicted molar refractivity (Wildman–Crippen MR) is 97.2 cm³/mol. The highest BCUT2D eigenvalue weighted by Gasteiger charge is 2.55. The summed E-state index contributed by atoms with van der Waals surface area (Å²) in [5.74, 6) is 1.05. The van der Waals surface area contributed by atoms with Crippen molar-refractivity contribution in [1.82, 2.24) is 4.90 Å². The molecule has 0 aromatic heterocycles. The summed E-state index contributed by atoms with van der Waals surface area (Å²) < 4.78 is 11.3. The van der Waals surface area contributed by atoms with Gasteiger partial charge in [-0.3, -0.25) is 9.69 Å². The average Bonchev–Trinajstić information content (AvgIpc) is 3.11. The lowest BCUT2D eigenvalue weighted by Crippen LogP contribution is -2.46. The van der Waals surface area contributed by atoms with Crippen LogP contribution < -0.4 is 0 Å². The second kappa shape index (κ2) is 6.70. The number of hydrogen-bond donors (Lipinski definition) is 0. The number of allylic oxidation sites excluding steroid dienone is 1. The minimum absolute atomic E-state index is 0.0433. The molecule has 0 radical (unpaired) electrons. The van der Waals surface area contributed by atoms with Gasteiger partial charge in [-0.25, -0.2) is 0 Å². The van der Waals surface area contributed by atoms with Crippen LogP contribution >= 0.6 is 0 Å². The molecule has 2 saturated carbocycles. The molecular weight excluding hydrogens is 314 g/mol. The van der Waals surface area contributed by atoms with Crippen molar-refractivity contribution in [3.8, 4) is 0 Å². The van der Waals surface area contributed by atoms with Crippen molar-refractivity contribution in [3.63, 3.8) is 0 Å². The molecule has 3 unspecified atom stereocenters. The van der Waals surface area contributed by atoms with E-state index in [9.17, 15) is 4.79 Å². The van der Waals surface area contributed by atoms with Gasteiger partial charge in [0.2, 0.25) is 0 Å². The lowest BCUT2D eigenvalue weighted by Gasteiger charge is -2.50. The van der Waals surface area contributed by atoms with Crippen molar-refractivity contribution >= 4 is 5.97 Å². The maximum atomic E-state index is 12.7. The van der Waals surface area contributed by atoms with Gasteiger partial charge in [-0.05, 0) is 62.8 Å². The van der Waals surface area contributed by atoms with E-state index in [0.717, 1.165) is 32.5 Å². The van der Waals surface area contributed by atoms with E-state index in [1.807, 2.05) is 0 Å². The molecule has 0 N–H and O–H groups in total. The Morgan fingerprint density at radius 3 is 3.04 bits per heavy atom. The number of carbonyl (C=O) groups is 1. The fourth-order valence-corrected chi connectivity index (χ4v) is 6.23. The van der Waals surface area contributed by atoms with Crippen LogP contribution in [-0.4, -0.2) is 49.8 Å². The van der Waals surface area contributed by atoms with Gasteiger partial charge in [-0.2, -0.15) is 0 Å². The smallest absolute Gasteiger partial charge is 0.310 e. The van der Waals surface area contributed by atoms with E-state index in [1.54, 1.807) is 7.11 Å². The zero-order valence-corrected chi connectivity index (χ0v) is 15.8. The predicted octanol–water partition coefficient (Wildman–Crippen LogP) is 3.41. The maximum Gasteiger partial charge on any atom is 0.310 e. The van der Waals surface area contributed by atoms with Crippen LogP contribution in [0.2, 0.25) is 0 Å². The lowest BCUT2D eigenvalue weighted by molar-refractivity contribution is -0.146. The maximum absolute atomic E-state index is 12.7. The molecule has 4 aliphatic rings. The van der Waals surface area contributed by atoms with Crippen LogP contribution in [0.1, 0.15) is 51.9 Å². The molecule has 0 spiro atoms. The molecule has 0 aromatic carbocycles. The van der Waals surface area contributed by atoms with Gasteiger partial charge in [0.05, 0.1) is 12.5 Å². The molecule has 4 nitrogen and oxygen atoms in total. The third-order valence-corrected chi connectivity index (χ3v) is 7.61. The summed E-state index contributed by atoms with van der Waals surface area (Å²) in [7, 11) is 1.77. The summed E-state index contributed by atoms with van der Waals surface area (Å²) >= 11 is 0. The zero-order valence-electron chi connectivity index (χ0n) is 15.8. The number of carbonyl (C=O) groups excluding carboxylic acids is 1.